The van der Waals surface area contributed by atoms with Crippen LogP contribution in [0.3, 0.4) is 0 Å². The maximum atomic E-state index is 5.63. The van der Waals surface area contributed by atoms with Crippen molar-refractivity contribution in [1.82, 2.24) is 4.98 Å². The van der Waals surface area contributed by atoms with E-state index in [1.807, 2.05) is 19.2 Å². The number of rotatable bonds is 4. The molecule has 0 spiro atoms. The third-order valence-electron chi connectivity index (χ3n) is 2.04. The SMILES string of the molecule is Cc1cc(NCC(C)C)c(CN)cn1. The van der Waals surface area contributed by atoms with E-state index >= 15 is 0 Å². The predicted molar refractivity (Wildman–Crippen MR) is 60.2 cm³/mol. The Bertz CT molecular complexity index is 295. The molecule has 0 saturated carbocycles. The maximum Gasteiger partial charge on any atom is 0.0419 e. The highest BCUT2D eigenvalue weighted by Gasteiger charge is 2.02. The smallest absolute Gasteiger partial charge is 0.0419 e. The molecule has 0 atom stereocenters. The first kappa shape index (κ1) is 11.0. The molecule has 0 bridgehead atoms. The number of hydrogen-bond acceptors (Lipinski definition) is 3. The van der Waals surface area contributed by atoms with Gasteiger partial charge in [-0.25, -0.2) is 0 Å². The summed E-state index contributed by atoms with van der Waals surface area (Å²) in [6.07, 6.45) is 1.85. The molecule has 78 valence electrons. The Morgan fingerprint density at radius 2 is 2.21 bits per heavy atom. The summed E-state index contributed by atoms with van der Waals surface area (Å²) >= 11 is 0. The van der Waals surface area contributed by atoms with E-state index < -0.39 is 0 Å². The third kappa shape index (κ3) is 3.00. The van der Waals surface area contributed by atoms with Gasteiger partial charge in [0.2, 0.25) is 0 Å². The van der Waals surface area contributed by atoms with E-state index in [0.717, 1.165) is 23.5 Å². The minimum atomic E-state index is 0.535. The van der Waals surface area contributed by atoms with Gasteiger partial charge in [0.15, 0.2) is 0 Å². The lowest BCUT2D eigenvalue weighted by molar-refractivity contribution is 0.688. The number of aromatic nitrogens is 1. The summed E-state index contributed by atoms with van der Waals surface area (Å²) in [7, 11) is 0. The molecule has 0 unspecified atom stereocenters. The topological polar surface area (TPSA) is 50.9 Å². The molecule has 1 aromatic heterocycles. The molecule has 1 heterocycles. The molecule has 0 aliphatic heterocycles. The first-order chi connectivity index (χ1) is 6.63. The molecule has 0 saturated heterocycles. The minimum absolute atomic E-state index is 0.535. The summed E-state index contributed by atoms with van der Waals surface area (Å²) in [5, 5.41) is 3.38. The van der Waals surface area contributed by atoms with Crippen LogP contribution in [0.15, 0.2) is 12.3 Å². The van der Waals surface area contributed by atoms with Gasteiger partial charge in [0.05, 0.1) is 0 Å². The standard InChI is InChI=1S/C11H19N3/c1-8(2)6-14-11-4-9(3)13-7-10(11)5-12/h4,7-8H,5-6,12H2,1-3H3,(H,13,14). The van der Waals surface area contributed by atoms with E-state index in [4.69, 9.17) is 5.73 Å². The highest BCUT2D eigenvalue weighted by Crippen LogP contribution is 2.15. The first-order valence-corrected chi connectivity index (χ1v) is 5.03. The Morgan fingerprint density at radius 1 is 1.50 bits per heavy atom. The van der Waals surface area contributed by atoms with Gasteiger partial charge >= 0.3 is 0 Å². The number of aryl methyl sites for hydroxylation is 1. The number of nitrogens with zero attached hydrogens (tertiary/aromatic N) is 1. The van der Waals surface area contributed by atoms with E-state index in [-0.39, 0.29) is 0 Å². The van der Waals surface area contributed by atoms with E-state index in [1.54, 1.807) is 0 Å². The van der Waals surface area contributed by atoms with Crippen molar-refractivity contribution in [3.05, 3.63) is 23.5 Å². The van der Waals surface area contributed by atoms with Gasteiger partial charge in [-0.1, -0.05) is 13.8 Å². The monoisotopic (exact) mass is 193 g/mol. The molecule has 3 nitrogen and oxygen atoms in total. The molecule has 0 aliphatic rings. The highest BCUT2D eigenvalue weighted by molar-refractivity contribution is 5.50. The predicted octanol–water partition coefficient (Wildman–Crippen LogP) is 1.92. The molecule has 0 amide bonds. The second-order valence-corrected chi connectivity index (χ2v) is 3.96. The van der Waals surface area contributed by atoms with Crippen molar-refractivity contribution in [2.75, 3.05) is 11.9 Å². The van der Waals surface area contributed by atoms with Gasteiger partial charge in [0, 0.05) is 36.2 Å². The Hall–Kier alpha value is -1.09. The summed E-state index contributed by atoms with van der Waals surface area (Å²) in [6.45, 7) is 7.86. The quantitative estimate of drug-likeness (QED) is 0.768. The summed E-state index contributed by atoms with van der Waals surface area (Å²) < 4.78 is 0. The van der Waals surface area contributed by atoms with E-state index in [2.05, 4.69) is 24.1 Å². The molecule has 3 N–H and O–H groups in total. The van der Waals surface area contributed by atoms with Crippen LogP contribution in [0.2, 0.25) is 0 Å². The van der Waals surface area contributed by atoms with Crippen LogP contribution in [0.4, 0.5) is 5.69 Å². The van der Waals surface area contributed by atoms with Gasteiger partial charge in [0.25, 0.3) is 0 Å². The fraction of sp³-hybridized carbons (Fsp3) is 0.545. The summed E-state index contributed by atoms with van der Waals surface area (Å²) in [5.74, 6) is 0.633. The van der Waals surface area contributed by atoms with E-state index in [1.165, 1.54) is 0 Å². The van der Waals surface area contributed by atoms with Crippen LogP contribution >= 0.6 is 0 Å². The molecule has 0 fully saturated rings. The zero-order valence-corrected chi connectivity index (χ0v) is 9.17. The van der Waals surface area contributed by atoms with Crippen molar-refractivity contribution in [2.24, 2.45) is 11.7 Å². The van der Waals surface area contributed by atoms with Crippen LogP contribution in [0.25, 0.3) is 0 Å². The summed E-state index contributed by atoms with van der Waals surface area (Å²) in [6, 6.07) is 2.05. The van der Waals surface area contributed by atoms with Gasteiger partial charge < -0.3 is 11.1 Å². The van der Waals surface area contributed by atoms with Crippen molar-refractivity contribution in [1.29, 1.82) is 0 Å². The molecular weight excluding hydrogens is 174 g/mol. The van der Waals surface area contributed by atoms with Crippen molar-refractivity contribution < 1.29 is 0 Å². The number of pyridine rings is 1. The molecular formula is C11H19N3. The largest absolute Gasteiger partial charge is 0.384 e. The third-order valence-corrected chi connectivity index (χ3v) is 2.04. The number of nitrogens with one attached hydrogen (secondary N) is 1. The van der Waals surface area contributed by atoms with Crippen LogP contribution in [-0.2, 0) is 6.54 Å². The first-order valence-electron chi connectivity index (χ1n) is 5.03. The Balaban J connectivity index is 2.77. The normalized spacial score (nSPS) is 10.6. The van der Waals surface area contributed by atoms with E-state index in [0.29, 0.717) is 12.5 Å². The van der Waals surface area contributed by atoms with Gasteiger partial charge in [0.1, 0.15) is 0 Å². The van der Waals surface area contributed by atoms with Gasteiger partial charge in [-0.3, -0.25) is 4.98 Å². The zero-order chi connectivity index (χ0) is 10.6. The minimum Gasteiger partial charge on any atom is -0.384 e. The number of anilines is 1. The lowest BCUT2D eigenvalue weighted by atomic mass is 10.2. The van der Waals surface area contributed by atoms with Gasteiger partial charge in [-0.2, -0.15) is 0 Å². The lowest BCUT2D eigenvalue weighted by Gasteiger charge is -2.12. The molecule has 14 heavy (non-hydrogen) atoms. The van der Waals surface area contributed by atoms with E-state index in [9.17, 15) is 0 Å². The average molecular weight is 193 g/mol. The van der Waals surface area contributed by atoms with Gasteiger partial charge in [-0.05, 0) is 18.9 Å². The zero-order valence-electron chi connectivity index (χ0n) is 9.17. The molecule has 3 heteroatoms. The van der Waals surface area contributed by atoms with Crippen LogP contribution in [0, 0.1) is 12.8 Å². The van der Waals surface area contributed by atoms with Gasteiger partial charge in [-0.15, -0.1) is 0 Å². The Kier molecular flexibility index (Phi) is 3.89. The van der Waals surface area contributed by atoms with Crippen LogP contribution < -0.4 is 11.1 Å². The Labute approximate surface area is 85.7 Å². The molecule has 1 rings (SSSR count). The van der Waals surface area contributed by atoms with Crippen molar-refractivity contribution in [3.63, 3.8) is 0 Å². The van der Waals surface area contributed by atoms with Crippen molar-refractivity contribution in [2.45, 2.75) is 27.3 Å². The van der Waals surface area contributed by atoms with Crippen molar-refractivity contribution >= 4 is 5.69 Å². The average Bonchev–Trinajstić information content (AvgIpc) is 2.15. The molecule has 0 radical (unpaired) electrons. The molecule has 0 aromatic carbocycles. The lowest BCUT2D eigenvalue weighted by Crippen LogP contribution is -2.11. The number of hydrogen-bond donors (Lipinski definition) is 2. The maximum absolute atomic E-state index is 5.63. The molecule has 1 aromatic rings. The number of nitrogens with two attached hydrogens (primary N) is 1. The second-order valence-electron chi connectivity index (χ2n) is 3.96. The fourth-order valence-corrected chi connectivity index (χ4v) is 1.23. The molecule has 0 aliphatic carbocycles. The second kappa shape index (κ2) is 4.96. The summed E-state index contributed by atoms with van der Waals surface area (Å²) in [4.78, 5) is 4.22. The van der Waals surface area contributed by atoms with Crippen LogP contribution in [-0.4, -0.2) is 11.5 Å². The highest BCUT2D eigenvalue weighted by atomic mass is 14.9. The van der Waals surface area contributed by atoms with Crippen LogP contribution in [0.1, 0.15) is 25.1 Å². The Morgan fingerprint density at radius 3 is 2.79 bits per heavy atom. The van der Waals surface area contributed by atoms with Crippen molar-refractivity contribution in [3.8, 4) is 0 Å². The summed E-state index contributed by atoms with van der Waals surface area (Å²) in [5.41, 5.74) is 8.85. The van der Waals surface area contributed by atoms with Crippen LogP contribution in [0.5, 0.6) is 0 Å². The fourth-order valence-electron chi connectivity index (χ4n) is 1.23.